The van der Waals surface area contributed by atoms with E-state index in [2.05, 4.69) is 15.3 Å². The molecule has 0 unspecified atom stereocenters. The maximum atomic E-state index is 13.8. The molecule has 1 heterocycles. The number of aliphatic hydroxyl groups excluding tert-OH is 1. The van der Waals surface area contributed by atoms with E-state index in [0.29, 0.717) is 25.5 Å². The third kappa shape index (κ3) is 3.80. The molecule has 0 radical (unpaired) electrons. The number of nitrogens with zero attached hydrogens (tertiary/aromatic N) is 3. The molecule has 18 heavy (non-hydrogen) atoms. The molecule has 0 atom stereocenters. The molecule has 0 spiro atoms. The summed E-state index contributed by atoms with van der Waals surface area (Å²) < 4.78 is 13.8. The van der Waals surface area contributed by atoms with Crippen LogP contribution in [0, 0.1) is 5.82 Å². The first-order chi connectivity index (χ1) is 8.60. The SMILES string of the molecule is CCNc1ncc(F)c(N(CCCO)C(C)C)n1. The van der Waals surface area contributed by atoms with E-state index < -0.39 is 5.82 Å². The second kappa shape index (κ2) is 7.10. The minimum atomic E-state index is -0.441. The van der Waals surface area contributed by atoms with E-state index in [4.69, 9.17) is 5.11 Å². The van der Waals surface area contributed by atoms with Gasteiger partial charge in [0, 0.05) is 25.7 Å². The lowest BCUT2D eigenvalue weighted by Gasteiger charge is -2.28. The fourth-order valence-electron chi connectivity index (χ4n) is 1.65. The van der Waals surface area contributed by atoms with Gasteiger partial charge in [-0.3, -0.25) is 0 Å². The van der Waals surface area contributed by atoms with Gasteiger partial charge in [0.05, 0.1) is 6.20 Å². The van der Waals surface area contributed by atoms with E-state index in [1.54, 1.807) is 0 Å². The molecule has 0 saturated heterocycles. The summed E-state index contributed by atoms with van der Waals surface area (Å²) in [5.74, 6) is 0.260. The van der Waals surface area contributed by atoms with Crippen LogP contribution in [0.15, 0.2) is 6.20 Å². The summed E-state index contributed by atoms with van der Waals surface area (Å²) in [4.78, 5) is 9.89. The zero-order valence-electron chi connectivity index (χ0n) is 11.1. The molecule has 0 bridgehead atoms. The molecule has 0 amide bonds. The van der Waals surface area contributed by atoms with Crippen molar-refractivity contribution in [3.63, 3.8) is 0 Å². The van der Waals surface area contributed by atoms with Crippen LogP contribution in [0.2, 0.25) is 0 Å². The van der Waals surface area contributed by atoms with Crippen molar-refractivity contribution < 1.29 is 9.50 Å². The van der Waals surface area contributed by atoms with E-state index in [0.717, 1.165) is 0 Å². The van der Waals surface area contributed by atoms with Gasteiger partial charge in [-0.05, 0) is 27.2 Å². The molecule has 0 aromatic carbocycles. The first-order valence-electron chi connectivity index (χ1n) is 6.24. The third-order valence-corrected chi connectivity index (χ3v) is 2.51. The Morgan fingerprint density at radius 1 is 1.50 bits per heavy atom. The predicted molar refractivity (Wildman–Crippen MR) is 70.3 cm³/mol. The Morgan fingerprint density at radius 2 is 2.22 bits per heavy atom. The minimum absolute atomic E-state index is 0.0794. The number of hydrogen-bond donors (Lipinski definition) is 2. The summed E-state index contributed by atoms with van der Waals surface area (Å²) in [5, 5.41) is 11.8. The highest BCUT2D eigenvalue weighted by Crippen LogP contribution is 2.19. The van der Waals surface area contributed by atoms with Crippen LogP contribution in [-0.2, 0) is 0 Å². The largest absolute Gasteiger partial charge is 0.396 e. The van der Waals surface area contributed by atoms with Crippen molar-refractivity contribution in [1.29, 1.82) is 0 Å². The van der Waals surface area contributed by atoms with Crippen LogP contribution in [-0.4, -0.2) is 40.8 Å². The van der Waals surface area contributed by atoms with Gasteiger partial charge in [-0.1, -0.05) is 0 Å². The summed E-state index contributed by atoms with van der Waals surface area (Å²) in [6.45, 7) is 7.18. The zero-order valence-corrected chi connectivity index (χ0v) is 11.1. The summed E-state index contributed by atoms with van der Waals surface area (Å²) in [5.41, 5.74) is 0. The van der Waals surface area contributed by atoms with Gasteiger partial charge in [0.25, 0.3) is 0 Å². The van der Waals surface area contributed by atoms with Gasteiger partial charge in [0.2, 0.25) is 5.95 Å². The molecule has 1 aromatic heterocycles. The molecule has 1 aromatic rings. The summed E-state index contributed by atoms with van der Waals surface area (Å²) in [6.07, 6.45) is 1.76. The van der Waals surface area contributed by atoms with E-state index in [1.165, 1.54) is 6.20 Å². The fraction of sp³-hybridized carbons (Fsp3) is 0.667. The molecule has 102 valence electrons. The van der Waals surface area contributed by atoms with E-state index in [9.17, 15) is 4.39 Å². The number of halogens is 1. The van der Waals surface area contributed by atoms with Gasteiger partial charge in [-0.25, -0.2) is 9.37 Å². The lowest BCUT2D eigenvalue weighted by Crippen LogP contribution is -2.34. The minimum Gasteiger partial charge on any atom is -0.396 e. The van der Waals surface area contributed by atoms with Crippen molar-refractivity contribution in [2.75, 3.05) is 29.9 Å². The third-order valence-electron chi connectivity index (χ3n) is 2.51. The number of nitrogens with one attached hydrogen (secondary N) is 1. The Labute approximate surface area is 107 Å². The number of aliphatic hydroxyl groups is 1. The van der Waals surface area contributed by atoms with Crippen LogP contribution < -0.4 is 10.2 Å². The maximum absolute atomic E-state index is 13.8. The Bertz CT molecular complexity index is 373. The average Bonchev–Trinajstić information content (AvgIpc) is 2.33. The standard InChI is InChI=1S/C12H21FN4O/c1-4-14-12-15-8-10(13)11(16-12)17(9(2)3)6-5-7-18/h8-9,18H,4-7H2,1-3H3,(H,14,15,16). The quantitative estimate of drug-likeness (QED) is 0.776. The van der Waals surface area contributed by atoms with Crippen LogP contribution in [0.5, 0.6) is 0 Å². The van der Waals surface area contributed by atoms with Gasteiger partial charge in [-0.15, -0.1) is 0 Å². The van der Waals surface area contributed by atoms with Gasteiger partial charge in [0.15, 0.2) is 11.6 Å². The second-order valence-electron chi connectivity index (χ2n) is 4.26. The first kappa shape index (κ1) is 14.6. The molecule has 0 aliphatic rings. The smallest absolute Gasteiger partial charge is 0.224 e. The van der Waals surface area contributed by atoms with Crippen molar-refractivity contribution in [3.05, 3.63) is 12.0 Å². The number of rotatable bonds is 7. The first-order valence-corrected chi connectivity index (χ1v) is 6.24. The zero-order chi connectivity index (χ0) is 13.5. The van der Waals surface area contributed by atoms with Crippen molar-refractivity contribution in [2.24, 2.45) is 0 Å². The number of hydrogen-bond acceptors (Lipinski definition) is 5. The van der Waals surface area contributed by atoms with Gasteiger partial charge in [-0.2, -0.15) is 4.98 Å². The Kier molecular flexibility index (Phi) is 5.77. The van der Waals surface area contributed by atoms with Crippen molar-refractivity contribution in [2.45, 2.75) is 33.2 Å². The molecule has 5 nitrogen and oxygen atoms in total. The van der Waals surface area contributed by atoms with Crippen molar-refractivity contribution in [3.8, 4) is 0 Å². The summed E-state index contributed by atoms with van der Waals surface area (Å²) >= 11 is 0. The van der Waals surface area contributed by atoms with E-state index >= 15 is 0 Å². The molecule has 0 saturated carbocycles. The molecular formula is C12H21FN4O. The second-order valence-corrected chi connectivity index (χ2v) is 4.26. The molecule has 0 aliphatic carbocycles. The number of aromatic nitrogens is 2. The molecule has 6 heteroatoms. The van der Waals surface area contributed by atoms with Crippen LogP contribution >= 0.6 is 0 Å². The Balaban J connectivity index is 2.97. The monoisotopic (exact) mass is 256 g/mol. The molecule has 0 aliphatic heterocycles. The predicted octanol–water partition coefficient (Wildman–Crippen LogP) is 1.64. The van der Waals surface area contributed by atoms with E-state index in [-0.39, 0.29) is 18.5 Å². The van der Waals surface area contributed by atoms with Crippen molar-refractivity contribution in [1.82, 2.24) is 9.97 Å². The normalized spacial score (nSPS) is 10.8. The lowest BCUT2D eigenvalue weighted by molar-refractivity contribution is 0.288. The van der Waals surface area contributed by atoms with Crippen LogP contribution in [0.4, 0.5) is 16.2 Å². The molecule has 1 rings (SSSR count). The molecule has 0 fully saturated rings. The van der Waals surface area contributed by atoms with Gasteiger partial charge < -0.3 is 15.3 Å². The highest BCUT2D eigenvalue weighted by Gasteiger charge is 2.17. The van der Waals surface area contributed by atoms with E-state index in [1.807, 2.05) is 25.7 Å². The van der Waals surface area contributed by atoms with Crippen molar-refractivity contribution >= 4 is 11.8 Å². The Morgan fingerprint density at radius 3 is 2.78 bits per heavy atom. The number of anilines is 2. The Hall–Kier alpha value is -1.43. The van der Waals surface area contributed by atoms with Crippen LogP contribution in [0.1, 0.15) is 27.2 Å². The highest BCUT2D eigenvalue weighted by atomic mass is 19.1. The van der Waals surface area contributed by atoms with Crippen LogP contribution in [0.3, 0.4) is 0 Å². The van der Waals surface area contributed by atoms with Crippen LogP contribution in [0.25, 0.3) is 0 Å². The summed E-state index contributed by atoms with van der Waals surface area (Å²) in [6, 6.07) is 0.107. The molecule has 2 N–H and O–H groups in total. The lowest BCUT2D eigenvalue weighted by atomic mass is 10.3. The highest BCUT2D eigenvalue weighted by molar-refractivity contribution is 5.44. The molecular weight excluding hydrogens is 235 g/mol. The topological polar surface area (TPSA) is 61.3 Å². The van der Waals surface area contributed by atoms with Gasteiger partial charge in [0.1, 0.15) is 0 Å². The maximum Gasteiger partial charge on any atom is 0.224 e. The van der Waals surface area contributed by atoms with Gasteiger partial charge >= 0.3 is 0 Å². The average molecular weight is 256 g/mol. The summed E-state index contributed by atoms with van der Waals surface area (Å²) in [7, 11) is 0. The fourth-order valence-corrected chi connectivity index (χ4v) is 1.65.